The second-order valence-corrected chi connectivity index (χ2v) is 18.0. The Kier molecular flexibility index (Phi) is 11.3. The molecule has 4 aliphatic rings. The SMILES string of the molecule is COc1ccc2c(O[C@@H]3C[C@H]4C(=O)N[C@]5(C(=O)NS(=O)(=O)C6CC6)C[C@H]5/C=C\CCCCC[C@H](Nc5cccc(C(F)(F)F)c5)C(=O)N4C3)cc(-c3ccccc3)nc2c1. The Labute approximate surface area is 346 Å². The van der Waals surface area contributed by atoms with Crippen LogP contribution in [-0.4, -0.2) is 78.7 Å². The van der Waals surface area contributed by atoms with E-state index in [-0.39, 0.29) is 31.5 Å². The largest absolute Gasteiger partial charge is 0.497 e. The molecule has 2 aliphatic heterocycles. The van der Waals surface area contributed by atoms with E-state index in [4.69, 9.17) is 14.5 Å². The Morgan fingerprint density at radius 3 is 2.52 bits per heavy atom. The van der Waals surface area contributed by atoms with Gasteiger partial charge in [0.05, 0.1) is 35.7 Å². The average molecular weight is 846 g/mol. The molecule has 1 saturated heterocycles. The molecule has 316 valence electrons. The maximum Gasteiger partial charge on any atom is 0.416 e. The van der Waals surface area contributed by atoms with Gasteiger partial charge in [-0.25, -0.2) is 13.4 Å². The second-order valence-electron chi connectivity index (χ2n) is 16.0. The van der Waals surface area contributed by atoms with E-state index in [9.17, 15) is 36.0 Å². The van der Waals surface area contributed by atoms with Crippen LogP contribution in [0.2, 0.25) is 0 Å². The molecule has 3 amide bonds. The fourth-order valence-corrected chi connectivity index (χ4v) is 9.53. The van der Waals surface area contributed by atoms with E-state index in [1.54, 1.807) is 25.3 Å². The molecule has 3 fully saturated rings. The van der Waals surface area contributed by atoms with Crippen molar-refractivity contribution in [2.24, 2.45) is 5.92 Å². The van der Waals surface area contributed by atoms with Crippen LogP contribution in [0.15, 0.2) is 91.0 Å². The molecule has 0 spiro atoms. The number of halogens is 3. The van der Waals surface area contributed by atoms with Crippen LogP contribution in [0, 0.1) is 5.92 Å². The van der Waals surface area contributed by atoms with Gasteiger partial charge in [-0.15, -0.1) is 0 Å². The Morgan fingerprint density at radius 2 is 1.77 bits per heavy atom. The number of sulfonamides is 1. The maximum atomic E-state index is 14.8. The number of allylic oxidation sites excluding steroid dienone is 1. The maximum absolute atomic E-state index is 14.8. The highest BCUT2D eigenvalue weighted by Gasteiger charge is 2.62. The van der Waals surface area contributed by atoms with Gasteiger partial charge in [-0.05, 0) is 68.9 Å². The van der Waals surface area contributed by atoms with Gasteiger partial charge in [0.2, 0.25) is 21.8 Å². The number of aromatic nitrogens is 1. The first kappa shape index (κ1) is 41.1. The number of carbonyl (C=O) groups excluding carboxylic acids is 3. The molecule has 60 heavy (non-hydrogen) atoms. The first-order valence-corrected chi connectivity index (χ1v) is 21.8. The Hall–Kier alpha value is -5.64. The van der Waals surface area contributed by atoms with Crippen molar-refractivity contribution in [3.8, 4) is 22.8 Å². The molecule has 16 heteroatoms. The number of rotatable bonds is 9. The van der Waals surface area contributed by atoms with E-state index in [0.717, 1.165) is 24.1 Å². The van der Waals surface area contributed by atoms with Gasteiger partial charge < -0.3 is 25.0 Å². The summed E-state index contributed by atoms with van der Waals surface area (Å²) in [6.07, 6.45) is 2.30. The summed E-state index contributed by atoms with van der Waals surface area (Å²) in [7, 11) is -2.40. The van der Waals surface area contributed by atoms with E-state index in [2.05, 4.69) is 15.4 Å². The van der Waals surface area contributed by atoms with Gasteiger partial charge in [-0.3, -0.25) is 19.1 Å². The lowest BCUT2D eigenvalue weighted by atomic mass is 10.0. The van der Waals surface area contributed by atoms with E-state index in [1.807, 2.05) is 48.6 Å². The molecule has 0 radical (unpaired) electrons. The zero-order chi connectivity index (χ0) is 42.2. The van der Waals surface area contributed by atoms with Crippen molar-refractivity contribution >= 4 is 44.3 Å². The van der Waals surface area contributed by atoms with E-state index >= 15 is 0 Å². The second kappa shape index (κ2) is 16.4. The van der Waals surface area contributed by atoms with Gasteiger partial charge in [-0.1, -0.05) is 61.4 Å². The first-order valence-electron chi connectivity index (χ1n) is 20.2. The summed E-state index contributed by atoms with van der Waals surface area (Å²) < 4.78 is 81.5. The number of carbonyl (C=O) groups is 3. The zero-order valence-electron chi connectivity index (χ0n) is 32.9. The van der Waals surface area contributed by atoms with Crippen LogP contribution in [-0.2, 0) is 30.6 Å². The van der Waals surface area contributed by atoms with Crippen molar-refractivity contribution < 1.29 is 45.4 Å². The van der Waals surface area contributed by atoms with Gasteiger partial charge in [0.25, 0.3) is 5.91 Å². The predicted octanol–water partition coefficient (Wildman–Crippen LogP) is 6.76. The number of fused-ring (bicyclic) bond motifs is 3. The quantitative estimate of drug-likeness (QED) is 0.155. The summed E-state index contributed by atoms with van der Waals surface area (Å²) in [5.41, 5.74) is -0.328. The van der Waals surface area contributed by atoms with Crippen molar-refractivity contribution in [1.82, 2.24) is 19.9 Å². The third-order valence-electron chi connectivity index (χ3n) is 11.7. The van der Waals surface area contributed by atoms with Gasteiger partial charge >= 0.3 is 6.18 Å². The number of benzene rings is 3. The monoisotopic (exact) mass is 845 g/mol. The summed E-state index contributed by atoms with van der Waals surface area (Å²) in [6.45, 7) is -0.0725. The van der Waals surface area contributed by atoms with Crippen LogP contribution < -0.4 is 24.8 Å². The number of methoxy groups -OCH3 is 1. The van der Waals surface area contributed by atoms with Gasteiger partial charge in [0.15, 0.2) is 0 Å². The number of amides is 3. The molecule has 0 unspecified atom stereocenters. The lowest BCUT2D eigenvalue weighted by molar-refractivity contribution is -0.140. The molecule has 8 rings (SSSR count). The van der Waals surface area contributed by atoms with Crippen LogP contribution >= 0.6 is 0 Å². The minimum Gasteiger partial charge on any atom is -0.497 e. The number of nitrogens with one attached hydrogen (secondary N) is 3. The van der Waals surface area contributed by atoms with Crippen molar-refractivity contribution in [1.29, 1.82) is 0 Å². The lowest BCUT2D eigenvalue weighted by Crippen LogP contribution is -2.57. The number of ether oxygens (including phenoxy) is 2. The number of hydrogen-bond acceptors (Lipinski definition) is 9. The average Bonchev–Trinajstić information content (AvgIpc) is 4.16. The van der Waals surface area contributed by atoms with E-state index < -0.39 is 74.4 Å². The van der Waals surface area contributed by atoms with Crippen molar-refractivity contribution in [2.75, 3.05) is 19.0 Å². The Bertz CT molecular complexity index is 2430. The highest BCUT2D eigenvalue weighted by Crippen LogP contribution is 2.46. The standard InChI is InChI=1S/C44H46F3N5O7S/c1-58-31-17-20-34-37(22-31)49-36(27-11-6-5-7-12-27)24-39(34)59-32-23-38-40(53)50-43(42(55)51-60(56,57)33-18-19-33)25-29(43)13-8-3-2-4-9-16-35(41(54)52(38)26-32)48-30-15-10-14-28(21-30)44(45,46)47/h5-8,10-15,17,20-22,24,29,32-33,35,38,48H,2-4,9,16,18-19,23,25-26H2,1H3,(H,50,53)(H,51,55)/b13-8-/t29-,32-,35+,38+,43-/m1/s1. The number of nitrogens with zero attached hydrogens (tertiary/aromatic N) is 2. The molecule has 3 N–H and O–H groups in total. The minimum atomic E-state index is -4.61. The molecule has 4 aromatic rings. The minimum absolute atomic E-state index is 0.00687. The topological polar surface area (TPSA) is 156 Å². The van der Waals surface area contributed by atoms with Crippen molar-refractivity contribution in [3.63, 3.8) is 0 Å². The van der Waals surface area contributed by atoms with Gasteiger partial charge in [0, 0.05) is 41.1 Å². The van der Waals surface area contributed by atoms with Gasteiger partial charge in [0.1, 0.15) is 35.2 Å². The third kappa shape index (κ3) is 8.79. The molecule has 2 aliphatic carbocycles. The summed E-state index contributed by atoms with van der Waals surface area (Å²) in [5.74, 6) is -1.49. The van der Waals surface area contributed by atoms with Crippen LogP contribution in [0.3, 0.4) is 0 Å². The fourth-order valence-electron chi connectivity index (χ4n) is 8.17. The van der Waals surface area contributed by atoms with Crippen molar-refractivity contribution in [3.05, 3.63) is 96.6 Å². The molecular formula is C44H46F3N5O7S. The van der Waals surface area contributed by atoms with Crippen LogP contribution in [0.4, 0.5) is 18.9 Å². The van der Waals surface area contributed by atoms with Crippen LogP contribution in [0.25, 0.3) is 22.2 Å². The zero-order valence-corrected chi connectivity index (χ0v) is 33.7. The lowest BCUT2D eigenvalue weighted by Gasteiger charge is -2.30. The highest BCUT2D eigenvalue weighted by molar-refractivity contribution is 7.91. The van der Waals surface area contributed by atoms with E-state index in [1.165, 1.54) is 17.0 Å². The highest BCUT2D eigenvalue weighted by atomic mass is 32.2. The Balaban J connectivity index is 1.14. The molecule has 12 nitrogen and oxygen atoms in total. The molecule has 5 atom stereocenters. The Morgan fingerprint density at radius 1 is 0.967 bits per heavy atom. The first-order chi connectivity index (χ1) is 28.7. The van der Waals surface area contributed by atoms with E-state index in [0.29, 0.717) is 60.2 Å². The number of alkyl halides is 3. The molecule has 1 aromatic heterocycles. The third-order valence-corrected chi connectivity index (χ3v) is 13.5. The molecule has 3 aromatic carbocycles. The molecule has 2 saturated carbocycles. The van der Waals surface area contributed by atoms with Crippen molar-refractivity contribution in [2.45, 2.75) is 92.9 Å². The van der Waals surface area contributed by atoms with Crippen LogP contribution in [0.1, 0.15) is 63.4 Å². The fraction of sp³-hybridized carbons (Fsp3) is 0.409. The predicted molar refractivity (Wildman–Crippen MR) is 218 cm³/mol. The summed E-state index contributed by atoms with van der Waals surface area (Å²) >= 11 is 0. The normalized spacial score (nSPS) is 25.5. The van der Waals surface area contributed by atoms with Crippen LogP contribution in [0.5, 0.6) is 11.5 Å². The summed E-state index contributed by atoms with van der Waals surface area (Å²) in [5, 5.41) is 5.90. The summed E-state index contributed by atoms with van der Waals surface area (Å²) in [6, 6.07) is 19.1. The smallest absolute Gasteiger partial charge is 0.416 e. The van der Waals surface area contributed by atoms with Gasteiger partial charge in [-0.2, -0.15) is 13.2 Å². The summed E-state index contributed by atoms with van der Waals surface area (Å²) in [4.78, 5) is 49.5. The number of pyridine rings is 1. The molecule has 0 bridgehead atoms. The number of hydrogen-bond donors (Lipinski definition) is 3. The molecule has 3 heterocycles. The molecular weight excluding hydrogens is 800 g/mol. The number of anilines is 1.